The molecule has 0 aromatic heterocycles. The first-order chi connectivity index (χ1) is 7.98. The summed E-state index contributed by atoms with van der Waals surface area (Å²) in [6.07, 6.45) is -0.171. The van der Waals surface area contributed by atoms with Gasteiger partial charge in [0.25, 0.3) is 0 Å². The van der Waals surface area contributed by atoms with Gasteiger partial charge in [0.2, 0.25) is 0 Å². The summed E-state index contributed by atoms with van der Waals surface area (Å²) in [5.41, 5.74) is 1.54. The lowest BCUT2D eigenvalue weighted by atomic mass is 9.94. The van der Waals surface area contributed by atoms with Crippen LogP contribution >= 0.6 is 0 Å². The molecule has 1 aliphatic heterocycles. The first-order valence-electron chi connectivity index (χ1n) is 6.00. The van der Waals surface area contributed by atoms with Crippen molar-refractivity contribution in [3.05, 3.63) is 29.3 Å². The van der Waals surface area contributed by atoms with Crippen LogP contribution in [-0.2, 0) is 4.79 Å². The summed E-state index contributed by atoms with van der Waals surface area (Å²) in [7, 11) is 0. The van der Waals surface area contributed by atoms with E-state index < -0.39 is 11.4 Å². The predicted molar refractivity (Wildman–Crippen MR) is 63.4 cm³/mol. The van der Waals surface area contributed by atoms with Crippen molar-refractivity contribution in [2.75, 3.05) is 0 Å². The van der Waals surface area contributed by atoms with Gasteiger partial charge in [0.15, 0.2) is 0 Å². The molecule has 1 saturated carbocycles. The Morgan fingerprint density at radius 3 is 2.76 bits per heavy atom. The minimum Gasteiger partial charge on any atom is -0.488 e. The van der Waals surface area contributed by atoms with E-state index in [1.807, 2.05) is 12.1 Å². The lowest BCUT2D eigenvalue weighted by Crippen LogP contribution is -2.20. The molecule has 3 rings (SSSR count). The molecule has 1 N–H and O–H groups in total. The van der Waals surface area contributed by atoms with Crippen LogP contribution < -0.4 is 4.74 Å². The zero-order valence-corrected chi connectivity index (χ0v) is 10.2. The third-order valence-electron chi connectivity index (χ3n) is 4.17. The van der Waals surface area contributed by atoms with Crippen LogP contribution in [0.25, 0.3) is 0 Å². The minimum absolute atomic E-state index is 0.0358. The van der Waals surface area contributed by atoms with Crippen LogP contribution in [0, 0.1) is 5.41 Å². The van der Waals surface area contributed by atoms with E-state index in [0.717, 1.165) is 11.3 Å². The third kappa shape index (κ3) is 1.14. The molecule has 3 nitrogen and oxygen atoms in total. The minimum atomic E-state index is -0.756. The number of aliphatic carboxylic acids is 1. The molecule has 1 heterocycles. The Bertz CT molecular complexity index is 506. The number of carboxylic acid groups (broad SMARTS) is 1. The largest absolute Gasteiger partial charge is 0.488 e. The van der Waals surface area contributed by atoms with Crippen LogP contribution in [-0.4, -0.2) is 17.2 Å². The van der Waals surface area contributed by atoms with Crippen LogP contribution in [0.4, 0.5) is 0 Å². The summed E-state index contributed by atoms with van der Waals surface area (Å²) in [6.45, 7) is 6.02. The van der Waals surface area contributed by atoms with Gasteiger partial charge in [-0.05, 0) is 18.4 Å². The second kappa shape index (κ2) is 3.03. The zero-order chi connectivity index (χ0) is 12.4. The van der Waals surface area contributed by atoms with Gasteiger partial charge in [0, 0.05) is 11.5 Å². The maximum absolute atomic E-state index is 11.2. The molecule has 1 aromatic carbocycles. The van der Waals surface area contributed by atoms with Crippen molar-refractivity contribution in [1.82, 2.24) is 0 Å². The smallest absolute Gasteiger partial charge is 0.313 e. The number of benzene rings is 1. The Morgan fingerprint density at radius 2 is 2.18 bits per heavy atom. The quantitative estimate of drug-likeness (QED) is 0.852. The van der Waals surface area contributed by atoms with Crippen LogP contribution in [0.5, 0.6) is 5.75 Å². The fraction of sp³-hybridized carbons (Fsp3) is 0.500. The number of rotatable bonds is 2. The molecule has 0 spiro atoms. The van der Waals surface area contributed by atoms with Gasteiger partial charge in [-0.2, -0.15) is 0 Å². The number of ether oxygens (including phenoxy) is 1. The lowest BCUT2D eigenvalue weighted by molar-refractivity contribution is -0.144. The van der Waals surface area contributed by atoms with Gasteiger partial charge in [0.1, 0.15) is 17.3 Å². The fourth-order valence-electron chi connectivity index (χ4n) is 2.94. The molecule has 3 heteroatoms. The highest BCUT2D eigenvalue weighted by atomic mass is 16.5. The maximum atomic E-state index is 11.2. The van der Waals surface area contributed by atoms with Crippen molar-refractivity contribution in [3.63, 3.8) is 0 Å². The monoisotopic (exact) mass is 232 g/mol. The maximum Gasteiger partial charge on any atom is 0.313 e. The van der Waals surface area contributed by atoms with E-state index in [4.69, 9.17) is 4.74 Å². The van der Waals surface area contributed by atoms with Crippen LogP contribution in [0.15, 0.2) is 18.2 Å². The summed E-state index contributed by atoms with van der Waals surface area (Å²) in [5, 5.41) is 9.24. The van der Waals surface area contributed by atoms with Gasteiger partial charge in [-0.25, -0.2) is 0 Å². The van der Waals surface area contributed by atoms with Crippen molar-refractivity contribution >= 4 is 5.97 Å². The Kier molecular flexibility index (Phi) is 1.90. The molecule has 2 aliphatic rings. The fourth-order valence-corrected chi connectivity index (χ4v) is 2.94. The molecule has 0 amide bonds. The highest BCUT2D eigenvalue weighted by Gasteiger charge is 2.73. The summed E-state index contributed by atoms with van der Waals surface area (Å²) < 4.78 is 5.87. The number of para-hydroxylation sites is 1. The molecule has 3 atom stereocenters. The molecular formula is C14H16O3. The summed E-state index contributed by atoms with van der Waals surface area (Å²) in [4.78, 5) is 11.2. The highest BCUT2D eigenvalue weighted by Crippen LogP contribution is 2.67. The topological polar surface area (TPSA) is 46.5 Å². The first-order valence-corrected chi connectivity index (χ1v) is 6.00. The van der Waals surface area contributed by atoms with Crippen LogP contribution in [0.1, 0.15) is 43.7 Å². The second-order valence-corrected chi connectivity index (χ2v) is 5.52. The third-order valence-corrected chi connectivity index (χ3v) is 4.17. The molecular weight excluding hydrogens is 216 g/mol. The summed E-state index contributed by atoms with van der Waals surface area (Å²) >= 11 is 0. The number of hydrogen-bond acceptors (Lipinski definition) is 2. The molecule has 1 aromatic rings. The second-order valence-electron chi connectivity index (χ2n) is 5.52. The summed E-state index contributed by atoms with van der Waals surface area (Å²) in [5.74, 6) is 0.608. The predicted octanol–water partition coefficient (Wildman–Crippen LogP) is 2.76. The van der Waals surface area contributed by atoms with E-state index in [0.29, 0.717) is 5.92 Å². The van der Waals surface area contributed by atoms with E-state index in [9.17, 15) is 9.90 Å². The Labute approximate surface area is 100 Å². The average Bonchev–Trinajstić information content (AvgIpc) is 2.70. The lowest BCUT2D eigenvalue weighted by Gasteiger charge is -2.17. The van der Waals surface area contributed by atoms with Crippen LogP contribution in [0.3, 0.4) is 0 Å². The van der Waals surface area contributed by atoms with Crippen molar-refractivity contribution < 1.29 is 14.6 Å². The molecule has 90 valence electrons. The van der Waals surface area contributed by atoms with E-state index in [2.05, 4.69) is 19.9 Å². The van der Waals surface area contributed by atoms with Gasteiger partial charge in [-0.15, -0.1) is 0 Å². The molecule has 0 bridgehead atoms. The molecule has 1 fully saturated rings. The molecule has 1 unspecified atom stereocenters. The van der Waals surface area contributed by atoms with Gasteiger partial charge in [-0.3, -0.25) is 4.79 Å². The standard InChI is InChI=1S/C14H16O3/c1-7(2)8-5-4-6-9-10-12(17-11(8)9)14(10,3)13(15)16/h4-7,10,12H,1-3H3,(H,15,16)/t10?,12-,14-/m0/s1. The van der Waals surface area contributed by atoms with Crippen molar-refractivity contribution in [2.24, 2.45) is 5.41 Å². The molecule has 17 heavy (non-hydrogen) atoms. The summed E-state index contributed by atoms with van der Waals surface area (Å²) in [6, 6.07) is 6.06. The normalized spacial score (nSPS) is 32.9. The van der Waals surface area contributed by atoms with Crippen molar-refractivity contribution in [1.29, 1.82) is 0 Å². The SMILES string of the molecule is CC(C)c1cccc2c1O[C@H]1C2[C@]1(C)C(=O)O. The molecule has 0 radical (unpaired) electrons. The van der Waals surface area contributed by atoms with Gasteiger partial charge < -0.3 is 9.84 Å². The van der Waals surface area contributed by atoms with E-state index in [-0.39, 0.29) is 12.0 Å². The number of hydrogen-bond donors (Lipinski definition) is 1. The van der Waals surface area contributed by atoms with Gasteiger partial charge >= 0.3 is 5.97 Å². The van der Waals surface area contributed by atoms with E-state index in [1.165, 1.54) is 5.56 Å². The Morgan fingerprint density at radius 1 is 1.47 bits per heavy atom. The Hall–Kier alpha value is -1.51. The first kappa shape index (κ1) is 10.6. The molecule has 0 saturated heterocycles. The van der Waals surface area contributed by atoms with Crippen molar-refractivity contribution in [3.8, 4) is 5.75 Å². The zero-order valence-electron chi connectivity index (χ0n) is 10.2. The van der Waals surface area contributed by atoms with Gasteiger partial charge in [-0.1, -0.05) is 32.0 Å². The van der Waals surface area contributed by atoms with E-state index in [1.54, 1.807) is 6.92 Å². The van der Waals surface area contributed by atoms with E-state index >= 15 is 0 Å². The Balaban J connectivity index is 2.05. The number of carbonyl (C=O) groups is 1. The number of fused-ring (bicyclic) bond motifs is 3. The van der Waals surface area contributed by atoms with Crippen LogP contribution in [0.2, 0.25) is 0 Å². The average molecular weight is 232 g/mol. The van der Waals surface area contributed by atoms with Gasteiger partial charge in [0.05, 0.1) is 0 Å². The number of carboxylic acids is 1. The highest BCUT2D eigenvalue weighted by molar-refractivity contribution is 5.83. The van der Waals surface area contributed by atoms with Crippen molar-refractivity contribution in [2.45, 2.75) is 38.7 Å². The molecule has 1 aliphatic carbocycles.